The van der Waals surface area contributed by atoms with Crippen LogP contribution < -0.4 is 5.32 Å². The summed E-state index contributed by atoms with van der Waals surface area (Å²) in [6.45, 7) is 8.06. The van der Waals surface area contributed by atoms with Crippen LogP contribution in [0.15, 0.2) is 24.3 Å². The fourth-order valence-corrected chi connectivity index (χ4v) is 2.92. The van der Waals surface area contributed by atoms with Crippen molar-refractivity contribution in [3.8, 4) is 0 Å². The SMILES string of the molecule is CC1CCN(C(=O)C(C)NC(C)c2ccc(Cl)cc2)CC1. The summed E-state index contributed by atoms with van der Waals surface area (Å²) in [5.74, 6) is 0.952. The molecule has 3 nitrogen and oxygen atoms in total. The van der Waals surface area contributed by atoms with E-state index in [9.17, 15) is 4.79 Å². The number of amides is 1. The molecule has 1 saturated heterocycles. The normalized spacial score (nSPS) is 19.3. The molecule has 1 fully saturated rings. The molecule has 0 aliphatic carbocycles. The van der Waals surface area contributed by atoms with E-state index in [1.54, 1.807) is 0 Å². The Kier molecular flexibility index (Phi) is 5.65. The van der Waals surface area contributed by atoms with Crippen molar-refractivity contribution in [3.63, 3.8) is 0 Å². The third-order valence-corrected chi connectivity index (χ3v) is 4.59. The molecule has 0 aromatic heterocycles. The van der Waals surface area contributed by atoms with Gasteiger partial charge in [-0.05, 0) is 50.3 Å². The standard InChI is InChI=1S/C17H25ClN2O/c1-12-8-10-20(11-9-12)17(21)14(3)19-13(2)15-4-6-16(18)7-5-15/h4-7,12-14,19H,8-11H2,1-3H3. The summed E-state index contributed by atoms with van der Waals surface area (Å²) in [6.07, 6.45) is 2.23. The largest absolute Gasteiger partial charge is 0.341 e. The molecule has 1 aliphatic rings. The van der Waals surface area contributed by atoms with Crippen LogP contribution in [-0.2, 0) is 4.79 Å². The Morgan fingerprint density at radius 2 is 1.81 bits per heavy atom. The minimum absolute atomic E-state index is 0.130. The van der Waals surface area contributed by atoms with Gasteiger partial charge in [0.2, 0.25) is 5.91 Å². The predicted molar refractivity (Wildman–Crippen MR) is 87.4 cm³/mol. The van der Waals surface area contributed by atoms with Crippen molar-refractivity contribution in [2.45, 2.75) is 45.7 Å². The van der Waals surface area contributed by atoms with Gasteiger partial charge < -0.3 is 4.90 Å². The minimum atomic E-state index is -0.163. The van der Waals surface area contributed by atoms with Crippen LogP contribution in [0.2, 0.25) is 5.02 Å². The number of nitrogens with one attached hydrogen (secondary N) is 1. The number of hydrogen-bond donors (Lipinski definition) is 1. The van der Waals surface area contributed by atoms with Gasteiger partial charge in [-0.25, -0.2) is 0 Å². The maximum atomic E-state index is 12.5. The van der Waals surface area contributed by atoms with Gasteiger partial charge in [0.05, 0.1) is 6.04 Å². The van der Waals surface area contributed by atoms with E-state index < -0.39 is 0 Å². The molecule has 21 heavy (non-hydrogen) atoms. The second kappa shape index (κ2) is 7.28. The molecule has 0 saturated carbocycles. The number of halogens is 1. The second-order valence-electron chi connectivity index (χ2n) is 6.17. The van der Waals surface area contributed by atoms with Gasteiger partial charge in [0, 0.05) is 24.2 Å². The maximum Gasteiger partial charge on any atom is 0.239 e. The lowest BCUT2D eigenvalue weighted by Gasteiger charge is -2.33. The maximum absolute atomic E-state index is 12.5. The smallest absolute Gasteiger partial charge is 0.239 e. The van der Waals surface area contributed by atoms with Crippen LogP contribution in [0.1, 0.15) is 45.2 Å². The molecule has 1 N–H and O–H groups in total. The molecule has 1 aromatic carbocycles. The van der Waals surface area contributed by atoms with Crippen molar-refractivity contribution in [1.29, 1.82) is 0 Å². The molecule has 2 atom stereocenters. The predicted octanol–water partition coefficient (Wildman–Crippen LogP) is 3.64. The van der Waals surface area contributed by atoms with E-state index in [0.29, 0.717) is 0 Å². The van der Waals surface area contributed by atoms with Gasteiger partial charge in [-0.3, -0.25) is 10.1 Å². The molecule has 2 rings (SSSR count). The first-order valence-corrected chi connectivity index (χ1v) is 8.15. The number of rotatable bonds is 4. The molecule has 0 bridgehead atoms. The van der Waals surface area contributed by atoms with E-state index in [1.165, 1.54) is 0 Å². The second-order valence-corrected chi connectivity index (χ2v) is 6.61. The zero-order chi connectivity index (χ0) is 15.4. The fraction of sp³-hybridized carbons (Fsp3) is 0.588. The van der Waals surface area contributed by atoms with E-state index in [1.807, 2.05) is 36.1 Å². The fourth-order valence-electron chi connectivity index (χ4n) is 2.80. The van der Waals surface area contributed by atoms with Crippen LogP contribution >= 0.6 is 11.6 Å². The van der Waals surface area contributed by atoms with Crippen molar-refractivity contribution < 1.29 is 4.79 Å². The van der Waals surface area contributed by atoms with Crippen molar-refractivity contribution in [1.82, 2.24) is 10.2 Å². The highest BCUT2D eigenvalue weighted by molar-refractivity contribution is 6.30. The van der Waals surface area contributed by atoms with E-state index >= 15 is 0 Å². The summed E-state index contributed by atoms with van der Waals surface area (Å²) in [6, 6.07) is 7.73. The first kappa shape index (κ1) is 16.3. The number of carbonyl (C=O) groups is 1. The Bertz CT molecular complexity index is 466. The molecular weight excluding hydrogens is 284 g/mol. The van der Waals surface area contributed by atoms with Gasteiger partial charge in [0.1, 0.15) is 0 Å². The molecular formula is C17H25ClN2O. The summed E-state index contributed by atoms with van der Waals surface area (Å²) in [4.78, 5) is 14.5. The van der Waals surface area contributed by atoms with Gasteiger partial charge >= 0.3 is 0 Å². The third-order valence-electron chi connectivity index (χ3n) is 4.34. The molecule has 4 heteroatoms. The number of likely N-dealkylation sites (tertiary alicyclic amines) is 1. The molecule has 0 spiro atoms. The highest BCUT2D eigenvalue weighted by Crippen LogP contribution is 2.19. The van der Waals surface area contributed by atoms with Crippen molar-refractivity contribution in [2.75, 3.05) is 13.1 Å². The monoisotopic (exact) mass is 308 g/mol. The zero-order valence-electron chi connectivity index (χ0n) is 13.1. The van der Waals surface area contributed by atoms with Crippen LogP contribution in [0, 0.1) is 5.92 Å². The van der Waals surface area contributed by atoms with E-state index in [2.05, 4.69) is 19.2 Å². The Balaban J connectivity index is 1.89. The Hall–Kier alpha value is -1.06. The molecule has 0 radical (unpaired) electrons. The molecule has 1 heterocycles. The van der Waals surface area contributed by atoms with Crippen LogP contribution in [0.4, 0.5) is 0 Å². The highest BCUT2D eigenvalue weighted by Gasteiger charge is 2.25. The summed E-state index contributed by atoms with van der Waals surface area (Å²) in [7, 11) is 0. The first-order valence-electron chi connectivity index (χ1n) is 7.77. The van der Waals surface area contributed by atoms with Gasteiger partial charge in [0.25, 0.3) is 0 Å². The van der Waals surface area contributed by atoms with E-state index in [-0.39, 0.29) is 18.0 Å². The lowest BCUT2D eigenvalue weighted by atomic mass is 9.98. The van der Waals surface area contributed by atoms with E-state index in [4.69, 9.17) is 11.6 Å². The van der Waals surface area contributed by atoms with Gasteiger partial charge in [-0.15, -0.1) is 0 Å². The molecule has 1 amide bonds. The van der Waals surface area contributed by atoms with Crippen molar-refractivity contribution in [3.05, 3.63) is 34.9 Å². The Morgan fingerprint density at radius 3 is 2.38 bits per heavy atom. The lowest BCUT2D eigenvalue weighted by Crippen LogP contribution is -2.48. The third kappa shape index (κ3) is 4.45. The number of benzene rings is 1. The van der Waals surface area contributed by atoms with Gasteiger partial charge in [0.15, 0.2) is 0 Å². The quantitative estimate of drug-likeness (QED) is 0.921. The molecule has 116 valence electrons. The van der Waals surface area contributed by atoms with Gasteiger partial charge in [-0.1, -0.05) is 30.7 Å². The lowest BCUT2D eigenvalue weighted by molar-refractivity contribution is -0.134. The van der Waals surface area contributed by atoms with E-state index in [0.717, 1.165) is 42.4 Å². The number of carbonyl (C=O) groups excluding carboxylic acids is 1. The zero-order valence-corrected chi connectivity index (χ0v) is 13.9. The molecule has 2 unspecified atom stereocenters. The van der Waals surface area contributed by atoms with Crippen molar-refractivity contribution in [2.24, 2.45) is 5.92 Å². The van der Waals surface area contributed by atoms with Crippen LogP contribution in [-0.4, -0.2) is 29.9 Å². The Morgan fingerprint density at radius 1 is 1.24 bits per heavy atom. The Labute approximate surface area is 132 Å². The van der Waals surface area contributed by atoms with Crippen LogP contribution in [0.5, 0.6) is 0 Å². The van der Waals surface area contributed by atoms with Crippen LogP contribution in [0.25, 0.3) is 0 Å². The van der Waals surface area contributed by atoms with Crippen LogP contribution in [0.3, 0.4) is 0 Å². The summed E-state index contributed by atoms with van der Waals surface area (Å²) < 4.78 is 0. The molecule has 1 aliphatic heterocycles. The first-order chi connectivity index (χ1) is 9.97. The average Bonchev–Trinajstić information content (AvgIpc) is 2.47. The minimum Gasteiger partial charge on any atom is -0.341 e. The number of hydrogen-bond acceptors (Lipinski definition) is 2. The summed E-state index contributed by atoms with van der Waals surface area (Å²) >= 11 is 5.90. The molecule has 1 aromatic rings. The van der Waals surface area contributed by atoms with Crippen molar-refractivity contribution >= 4 is 17.5 Å². The van der Waals surface area contributed by atoms with Gasteiger partial charge in [-0.2, -0.15) is 0 Å². The average molecular weight is 309 g/mol. The number of nitrogens with zero attached hydrogens (tertiary/aromatic N) is 1. The number of piperidine rings is 1. The topological polar surface area (TPSA) is 32.3 Å². The summed E-state index contributed by atoms with van der Waals surface area (Å²) in [5.41, 5.74) is 1.14. The summed E-state index contributed by atoms with van der Waals surface area (Å²) in [5, 5.41) is 4.12. The highest BCUT2D eigenvalue weighted by atomic mass is 35.5.